The molecular weight excluding hydrogens is 426 g/mol. The molecule has 30 heavy (non-hydrogen) atoms. The summed E-state index contributed by atoms with van der Waals surface area (Å²) in [5.74, 6) is -1.36. The second kappa shape index (κ2) is 10.6. The lowest BCUT2D eigenvalue weighted by Crippen LogP contribution is -2.45. The van der Waals surface area contributed by atoms with Crippen molar-refractivity contribution in [2.45, 2.75) is 6.04 Å². The molecule has 2 aromatic rings. The summed E-state index contributed by atoms with van der Waals surface area (Å²) < 4.78 is 5.02. The molecule has 1 aromatic heterocycles. The number of carbonyl (C=O) groups is 4. The number of thioether (sulfide) groups is 1. The topological polar surface area (TPSA) is 105 Å². The average molecular weight is 446 g/mol. The highest BCUT2D eigenvalue weighted by Gasteiger charge is 2.35. The van der Waals surface area contributed by atoms with Gasteiger partial charge >= 0.3 is 5.97 Å². The predicted octanol–water partition coefficient (Wildman–Crippen LogP) is 1.67. The Morgan fingerprint density at radius 2 is 1.90 bits per heavy atom. The maximum Gasteiger partial charge on any atom is 0.330 e. The number of hydrogen-bond donors (Lipinski definition) is 2. The molecule has 1 unspecified atom stereocenters. The largest absolute Gasteiger partial charge is 0.454 e. The molecule has 3 amide bonds. The maximum atomic E-state index is 12.5. The van der Waals surface area contributed by atoms with Crippen LogP contribution in [0.4, 0.5) is 0 Å². The molecule has 0 spiro atoms. The third kappa shape index (κ3) is 5.94. The fraction of sp³-hybridized carbons (Fsp3) is 0.200. The molecule has 8 nitrogen and oxygen atoms in total. The van der Waals surface area contributed by atoms with Crippen LogP contribution in [0.5, 0.6) is 0 Å². The number of thiophene rings is 1. The molecule has 3 rings (SSSR count). The molecule has 2 heterocycles. The first-order valence-electron chi connectivity index (χ1n) is 8.95. The van der Waals surface area contributed by atoms with Gasteiger partial charge in [-0.3, -0.25) is 25.2 Å². The van der Waals surface area contributed by atoms with Crippen LogP contribution in [0, 0.1) is 0 Å². The first-order chi connectivity index (χ1) is 14.5. The second-order valence-electron chi connectivity index (χ2n) is 6.16. The summed E-state index contributed by atoms with van der Waals surface area (Å²) in [4.78, 5) is 50.2. The lowest BCUT2D eigenvalue weighted by molar-refractivity contribution is -0.154. The molecule has 0 saturated carbocycles. The van der Waals surface area contributed by atoms with Crippen LogP contribution in [-0.4, -0.2) is 52.9 Å². The van der Waals surface area contributed by atoms with Gasteiger partial charge in [0.15, 0.2) is 6.61 Å². The van der Waals surface area contributed by atoms with E-state index in [2.05, 4.69) is 10.9 Å². The number of esters is 1. The molecule has 0 aliphatic carbocycles. The van der Waals surface area contributed by atoms with Crippen LogP contribution in [0.2, 0.25) is 0 Å². The van der Waals surface area contributed by atoms with Crippen molar-refractivity contribution in [2.75, 3.05) is 18.2 Å². The van der Waals surface area contributed by atoms with E-state index in [0.717, 1.165) is 5.56 Å². The smallest absolute Gasteiger partial charge is 0.330 e. The molecule has 1 aliphatic heterocycles. The first-order valence-corrected chi connectivity index (χ1v) is 11.0. The van der Waals surface area contributed by atoms with E-state index in [1.54, 1.807) is 23.6 Å². The summed E-state index contributed by atoms with van der Waals surface area (Å²) in [6, 6.07) is 11.9. The summed E-state index contributed by atoms with van der Waals surface area (Å²) in [6.45, 7) is -0.563. The number of amides is 3. The van der Waals surface area contributed by atoms with Gasteiger partial charge in [0.1, 0.15) is 6.04 Å². The Bertz CT molecular complexity index is 931. The van der Waals surface area contributed by atoms with E-state index in [-0.39, 0.29) is 5.91 Å². The Hall–Kier alpha value is -3.11. The number of carbonyl (C=O) groups excluding carboxylic acids is 4. The van der Waals surface area contributed by atoms with Crippen LogP contribution in [-0.2, 0) is 19.1 Å². The minimum Gasteiger partial charge on any atom is -0.454 e. The minimum absolute atomic E-state index is 0.307. The number of nitrogens with one attached hydrogen (secondary N) is 2. The summed E-state index contributed by atoms with van der Waals surface area (Å²) in [7, 11) is 0. The van der Waals surface area contributed by atoms with E-state index in [4.69, 9.17) is 4.74 Å². The first kappa shape index (κ1) is 21.6. The predicted molar refractivity (Wildman–Crippen MR) is 114 cm³/mol. The number of benzene rings is 1. The van der Waals surface area contributed by atoms with Crippen LogP contribution in [0.3, 0.4) is 0 Å². The average Bonchev–Trinajstić information content (AvgIpc) is 3.47. The number of rotatable bonds is 6. The maximum absolute atomic E-state index is 12.5. The normalized spacial score (nSPS) is 15.7. The Morgan fingerprint density at radius 1 is 1.10 bits per heavy atom. The Balaban J connectivity index is 1.45. The van der Waals surface area contributed by atoms with Crippen LogP contribution in [0.1, 0.15) is 15.2 Å². The van der Waals surface area contributed by atoms with Crippen molar-refractivity contribution >= 4 is 52.9 Å². The SMILES string of the molecule is O=C(COC(=O)C1CSCN1C(=O)C=Cc1ccccc1)NNC(=O)c1cccs1. The summed E-state index contributed by atoms with van der Waals surface area (Å²) >= 11 is 2.66. The van der Waals surface area contributed by atoms with Crippen molar-refractivity contribution in [3.63, 3.8) is 0 Å². The Labute approximate surface area is 181 Å². The van der Waals surface area contributed by atoms with E-state index in [1.807, 2.05) is 30.3 Å². The van der Waals surface area contributed by atoms with Gasteiger partial charge in [-0.15, -0.1) is 23.1 Å². The highest BCUT2D eigenvalue weighted by molar-refractivity contribution is 7.99. The second-order valence-corrected chi connectivity index (χ2v) is 8.10. The molecule has 0 bridgehead atoms. The molecule has 2 N–H and O–H groups in total. The van der Waals surface area contributed by atoms with Crippen molar-refractivity contribution in [1.29, 1.82) is 0 Å². The summed E-state index contributed by atoms with van der Waals surface area (Å²) in [6.07, 6.45) is 3.09. The van der Waals surface area contributed by atoms with E-state index in [1.165, 1.54) is 34.1 Å². The van der Waals surface area contributed by atoms with Crippen molar-refractivity contribution in [3.8, 4) is 0 Å². The van der Waals surface area contributed by atoms with Crippen LogP contribution in [0.25, 0.3) is 6.08 Å². The Kier molecular flexibility index (Phi) is 7.63. The van der Waals surface area contributed by atoms with Gasteiger partial charge in [-0.2, -0.15) is 0 Å². The van der Waals surface area contributed by atoms with Crippen LogP contribution < -0.4 is 10.9 Å². The van der Waals surface area contributed by atoms with Crippen LogP contribution in [0.15, 0.2) is 53.9 Å². The van der Waals surface area contributed by atoms with Gasteiger partial charge in [-0.05, 0) is 23.1 Å². The third-order valence-corrected chi connectivity index (χ3v) is 5.94. The standard InChI is InChI=1S/C20H19N3O5S2/c24-17(21-22-19(26)16-7-4-10-30-16)11-28-20(27)15-12-29-13-23(15)18(25)9-8-14-5-2-1-3-6-14/h1-10,15H,11-13H2,(H,21,24)(H,22,26). The molecule has 10 heteroatoms. The highest BCUT2D eigenvalue weighted by Crippen LogP contribution is 2.22. The number of hydrogen-bond acceptors (Lipinski definition) is 7. The van der Waals surface area contributed by atoms with E-state index in [0.29, 0.717) is 16.5 Å². The van der Waals surface area contributed by atoms with Gasteiger partial charge < -0.3 is 9.64 Å². The van der Waals surface area contributed by atoms with Gasteiger partial charge in [0.25, 0.3) is 11.8 Å². The van der Waals surface area contributed by atoms with Crippen molar-refractivity contribution < 1.29 is 23.9 Å². The number of nitrogens with zero attached hydrogens (tertiary/aromatic N) is 1. The Morgan fingerprint density at radius 3 is 2.63 bits per heavy atom. The van der Waals surface area contributed by atoms with Gasteiger partial charge in [-0.1, -0.05) is 36.4 Å². The van der Waals surface area contributed by atoms with Gasteiger partial charge in [-0.25, -0.2) is 4.79 Å². The molecule has 1 aliphatic rings. The lowest BCUT2D eigenvalue weighted by atomic mass is 10.2. The molecular formula is C20H19N3O5S2. The van der Waals surface area contributed by atoms with E-state index >= 15 is 0 Å². The zero-order valence-electron chi connectivity index (χ0n) is 15.8. The van der Waals surface area contributed by atoms with Crippen molar-refractivity contribution in [2.24, 2.45) is 0 Å². The van der Waals surface area contributed by atoms with Gasteiger partial charge in [0.05, 0.1) is 10.8 Å². The molecule has 1 aromatic carbocycles. The quantitative estimate of drug-likeness (QED) is 0.398. The molecule has 156 valence electrons. The lowest BCUT2D eigenvalue weighted by Gasteiger charge is -2.20. The summed E-state index contributed by atoms with van der Waals surface area (Å²) in [5, 5.41) is 1.74. The van der Waals surface area contributed by atoms with Gasteiger partial charge in [0.2, 0.25) is 5.91 Å². The molecule has 1 fully saturated rings. The van der Waals surface area contributed by atoms with Crippen LogP contribution >= 0.6 is 23.1 Å². The van der Waals surface area contributed by atoms with Crippen molar-refractivity contribution in [3.05, 3.63) is 64.4 Å². The van der Waals surface area contributed by atoms with E-state index in [9.17, 15) is 19.2 Å². The third-order valence-electron chi connectivity index (χ3n) is 4.06. The molecule has 0 radical (unpaired) electrons. The molecule has 1 saturated heterocycles. The highest BCUT2D eigenvalue weighted by atomic mass is 32.2. The van der Waals surface area contributed by atoms with Crippen molar-refractivity contribution in [1.82, 2.24) is 15.8 Å². The number of ether oxygens (including phenoxy) is 1. The summed E-state index contributed by atoms with van der Waals surface area (Å²) in [5.41, 5.74) is 5.30. The molecule has 1 atom stereocenters. The van der Waals surface area contributed by atoms with Gasteiger partial charge in [0, 0.05) is 11.8 Å². The zero-order chi connectivity index (χ0) is 21.3. The fourth-order valence-electron chi connectivity index (χ4n) is 2.55. The fourth-order valence-corrected chi connectivity index (χ4v) is 4.31. The zero-order valence-corrected chi connectivity index (χ0v) is 17.4. The minimum atomic E-state index is -0.767. The van der Waals surface area contributed by atoms with E-state index < -0.39 is 30.4 Å². The number of hydrazine groups is 1. The monoisotopic (exact) mass is 445 g/mol.